The van der Waals surface area contributed by atoms with Crippen molar-refractivity contribution in [1.82, 2.24) is 9.97 Å². The lowest BCUT2D eigenvalue weighted by molar-refractivity contribution is 0.719. The first-order valence-corrected chi connectivity index (χ1v) is 8.32. The van der Waals surface area contributed by atoms with Crippen LogP contribution < -0.4 is 10.2 Å². The molecule has 0 amide bonds. The Balaban J connectivity index is 1.55. The maximum absolute atomic E-state index is 6.03. The van der Waals surface area contributed by atoms with Gasteiger partial charge in [0.15, 0.2) is 0 Å². The highest BCUT2D eigenvalue weighted by Gasteiger charge is 2.17. The molecule has 0 unspecified atom stereocenters. The Morgan fingerprint density at radius 3 is 2.71 bits per heavy atom. The molecule has 3 aromatic rings. The number of nitrogens with zero attached hydrogens (tertiary/aromatic N) is 3. The first-order valence-electron chi connectivity index (χ1n) is 7.94. The molecule has 1 aromatic heterocycles. The van der Waals surface area contributed by atoms with E-state index >= 15 is 0 Å². The second-order valence-corrected chi connectivity index (χ2v) is 6.27. The monoisotopic (exact) mass is 336 g/mol. The first-order chi connectivity index (χ1) is 11.8. The van der Waals surface area contributed by atoms with Gasteiger partial charge < -0.3 is 10.2 Å². The summed E-state index contributed by atoms with van der Waals surface area (Å²) in [6.07, 6.45) is 2.64. The molecular weight excluding hydrogens is 320 g/mol. The molecule has 0 spiro atoms. The third-order valence-corrected chi connectivity index (χ3v) is 4.44. The molecule has 0 fully saturated rings. The number of fused-ring (bicyclic) bond motifs is 1. The van der Waals surface area contributed by atoms with E-state index in [1.54, 1.807) is 6.33 Å². The van der Waals surface area contributed by atoms with Crippen LogP contribution in [0.1, 0.15) is 11.1 Å². The van der Waals surface area contributed by atoms with Crippen molar-refractivity contribution in [3.63, 3.8) is 0 Å². The van der Waals surface area contributed by atoms with Gasteiger partial charge in [-0.3, -0.25) is 0 Å². The van der Waals surface area contributed by atoms with Crippen molar-refractivity contribution in [2.24, 2.45) is 0 Å². The molecule has 0 aliphatic carbocycles. The quantitative estimate of drug-likeness (QED) is 0.768. The zero-order chi connectivity index (χ0) is 16.4. The molecule has 0 atom stereocenters. The molecule has 0 saturated carbocycles. The summed E-state index contributed by atoms with van der Waals surface area (Å²) < 4.78 is 0. The van der Waals surface area contributed by atoms with Crippen LogP contribution in [0.15, 0.2) is 60.9 Å². The number of halogens is 1. The van der Waals surface area contributed by atoms with Crippen molar-refractivity contribution in [1.29, 1.82) is 0 Å². The van der Waals surface area contributed by atoms with E-state index in [0.717, 1.165) is 36.8 Å². The Morgan fingerprint density at radius 1 is 0.958 bits per heavy atom. The van der Waals surface area contributed by atoms with Crippen molar-refractivity contribution >= 4 is 28.9 Å². The van der Waals surface area contributed by atoms with Gasteiger partial charge in [-0.25, -0.2) is 9.97 Å². The predicted molar refractivity (Wildman–Crippen MR) is 98.0 cm³/mol. The van der Waals surface area contributed by atoms with Crippen LogP contribution in [0.5, 0.6) is 0 Å². The first kappa shape index (κ1) is 15.0. The normalized spacial score (nSPS) is 13.5. The molecule has 2 heterocycles. The van der Waals surface area contributed by atoms with Gasteiger partial charge in [-0.15, -0.1) is 0 Å². The molecule has 0 saturated heterocycles. The van der Waals surface area contributed by atoms with E-state index in [-0.39, 0.29) is 0 Å². The van der Waals surface area contributed by atoms with Gasteiger partial charge in [0.1, 0.15) is 18.0 Å². The van der Waals surface area contributed by atoms with Gasteiger partial charge in [0, 0.05) is 29.9 Å². The molecule has 1 aliphatic rings. The van der Waals surface area contributed by atoms with Crippen molar-refractivity contribution in [2.75, 3.05) is 16.8 Å². The lowest BCUT2D eigenvalue weighted by atomic mass is 10.00. The van der Waals surface area contributed by atoms with Crippen molar-refractivity contribution in [3.05, 3.63) is 77.1 Å². The lowest BCUT2D eigenvalue weighted by Gasteiger charge is -2.29. The Kier molecular flexibility index (Phi) is 4.05. The van der Waals surface area contributed by atoms with Crippen LogP contribution in [0.25, 0.3) is 0 Å². The summed E-state index contributed by atoms with van der Waals surface area (Å²) in [5, 5.41) is 3.98. The Labute approximate surface area is 146 Å². The van der Waals surface area contributed by atoms with Gasteiger partial charge in [0.05, 0.1) is 0 Å². The zero-order valence-electron chi connectivity index (χ0n) is 13.1. The molecule has 4 rings (SSSR count). The highest BCUT2D eigenvalue weighted by Crippen LogP contribution is 2.25. The third kappa shape index (κ3) is 3.19. The topological polar surface area (TPSA) is 41.0 Å². The average molecular weight is 337 g/mol. The Bertz CT molecular complexity index is 865. The smallest absolute Gasteiger partial charge is 0.135 e. The Hall–Kier alpha value is -2.59. The summed E-state index contributed by atoms with van der Waals surface area (Å²) in [4.78, 5) is 11.0. The molecular formula is C19H17ClN4. The predicted octanol–water partition coefficient (Wildman–Crippen LogP) is 4.44. The van der Waals surface area contributed by atoms with E-state index in [4.69, 9.17) is 11.6 Å². The molecule has 0 bridgehead atoms. The van der Waals surface area contributed by atoms with E-state index in [1.165, 1.54) is 11.1 Å². The van der Waals surface area contributed by atoms with Gasteiger partial charge in [0.25, 0.3) is 0 Å². The van der Waals surface area contributed by atoms with Crippen LogP contribution in [0.3, 0.4) is 0 Å². The largest absolute Gasteiger partial charge is 0.352 e. The highest BCUT2D eigenvalue weighted by atomic mass is 35.5. The van der Waals surface area contributed by atoms with Gasteiger partial charge in [-0.05, 0) is 35.7 Å². The van der Waals surface area contributed by atoms with E-state index in [2.05, 4.69) is 44.5 Å². The summed E-state index contributed by atoms with van der Waals surface area (Å²) in [5.74, 6) is 1.70. The van der Waals surface area contributed by atoms with E-state index in [9.17, 15) is 0 Å². The molecule has 24 heavy (non-hydrogen) atoms. The maximum Gasteiger partial charge on any atom is 0.135 e. The van der Waals surface area contributed by atoms with Crippen LogP contribution in [-0.2, 0) is 13.0 Å². The van der Waals surface area contributed by atoms with E-state index < -0.39 is 0 Å². The number of hydrogen-bond donors (Lipinski definition) is 1. The minimum absolute atomic E-state index is 0.696. The van der Waals surface area contributed by atoms with Crippen molar-refractivity contribution < 1.29 is 0 Å². The highest BCUT2D eigenvalue weighted by molar-refractivity contribution is 6.30. The van der Waals surface area contributed by atoms with Crippen molar-refractivity contribution in [3.8, 4) is 0 Å². The van der Waals surface area contributed by atoms with Gasteiger partial charge >= 0.3 is 0 Å². The lowest BCUT2D eigenvalue weighted by Crippen LogP contribution is -2.31. The third-order valence-electron chi connectivity index (χ3n) is 4.20. The summed E-state index contributed by atoms with van der Waals surface area (Å²) in [5.41, 5.74) is 3.71. The average Bonchev–Trinajstić information content (AvgIpc) is 2.61. The number of aromatic nitrogens is 2. The molecule has 1 N–H and O–H groups in total. The molecule has 2 aromatic carbocycles. The second-order valence-electron chi connectivity index (χ2n) is 5.84. The van der Waals surface area contributed by atoms with E-state index in [0.29, 0.717) is 5.02 Å². The van der Waals surface area contributed by atoms with Crippen LogP contribution >= 0.6 is 11.6 Å². The number of benzene rings is 2. The molecule has 4 nitrogen and oxygen atoms in total. The summed E-state index contributed by atoms with van der Waals surface area (Å²) in [6, 6.07) is 18.2. The van der Waals surface area contributed by atoms with Crippen LogP contribution in [0.2, 0.25) is 5.02 Å². The summed E-state index contributed by atoms with van der Waals surface area (Å²) in [6.45, 7) is 1.84. The number of anilines is 3. The van der Waals surface area contributed by atoms with Crippen molar-refractivity contribution in [2.45, 2.75) is 13.0 Å². The van der Waals surface area contributed by atoms with Crippen LogP contribution in [0, 0.1) is 0 Å². The van der Waals surface area contributed by atoms with Crippen LogP contribution in [0.4, 0.5) is 17.3 Å². The van der Waals surface area contributed by atoms with Gasteiger partial charge in [-0.2, -0.15) is 0 Å². The fourth-order valence-corrected chi connectivity index (χ4v) is 3.18. The fraction of sp³-hybridized carbons (Fsp3) is 0.158. The zero-order valence-corrected chi connectivity index (χ0v) is 13.9. The van der Waals surface area contributed by atoms with Crippen LogP contribution in [-0.4, -0.2) is 16.5 Å². The summed E-state index contributed by atoms with van der Waals surface area (Å²) in [7, 11) is 0. The Morgan fingerprint density at radius 2 is 1.83 bits per heavy atom. The number of nitrogens with one attached hydrogen (secondary N) is 1. The molecule has 0 radical (unpaired) electrons. The molecule has 5 heteroatoms. The molecule has 1 aliphatic heterocycles. The standard InChI is InChI=1S/C19H17ClN4/c20-16-6-3-7-17(10-16)23-18-11-19(22-13-21-18)24-9-8-14-4-1-2-5-15(14)12-24/h1-7,10-11,13H,8-9,12H2,(H,21,22,23). The minimum atomic E-state index is 0.696. The number of hydrogen-bond acceptors (Lipinski definition) is 4. The second kappa shape index (κ2) is 6.49. The minimum Gasteiger partial charge on any atom is -0.352 e. The maximum atomic E-state index is 6.03. The fourth-order valence-electron chi connectivity index (χ4n) is 2.99. The number of rotatable bonds is 3. The van der Waals surface area contributed by atoms with Gasteiger partial charge in [0.2, 0.25) is 0 Å². The molecule has 120 valence electrons. The summed E-state index contributed by atoms with van der Waals surface area (Å²) >= 11 is 6.03. The van der Waals surface area contributed by atoms with E-state index in [1.807, 2.05) is 30.3 Å². The SMILES string of the molecule is Clc1cccc(Nc2cc(N3CCc4ccccc4C3)ncn2)c1. The van der Waals surface area contributed by atoms with Gasteiger partial charge in [-0.1, -0.05) is 41.9 Å².